The van der Waals surface area contributed by atoms with E-state index in [4.69, 9.17) is 0 Å². The smallest absolute Gasteiger partial charge is 0.102 e. The van der Waals surface area contributed by atoms with Crippen LogP contribution in [0.2, 0.25) is 0 Å². The van der Waals surface area contributed by atoms with Gasteiger partial charge in [-0.2, -0.15) is 0 Å². The summed E-state index contributed by atoms with van der Waals surface area (Å²) in [5.74, 6) is 0. The molecule has 0 aromatic carbocycles. The summed E-state index contributed by atoms with van der Waals surface area (Å²) in [6.07, 6.45) is 2.50. The quantitative estimate of drug-likeness (QED) is 0.648. The molecule has 1 aliphatic rings. The maximum Gasteiger partial charge on any atom is 0.102 e. The molecule has 0 bridgehead atoms. The third-order valence-corrected chi connectivity index (χ3v) is 2.68. The minimum Gasteiger partial charge on any atom is -0.750 e. The third kappa shape index (κ3) is 2.52. The Morgan fingerprint density at radius 2 is 2.33 bits per heavy atom. The summed E-state index contributed by atoms with van der Waals surface area (Å²) in [5.41, 5.74) is -0.988. The van der Waals surface area contributed by atoms with Gasteiger partial charge >= 0.3 is 0 Å². The van der Waals surface area contributed by atoms with E-state index in [2.05, 4.69) is 4.18 Å². The molecule has 1 aliphatic carbocycles. The Morgan fingerprint density at radius 1 is 1.67 bits per heavy atom. The zero-order chi connectivity index (χ0) is 9.19. The van der Waals surface area contributed by atoms with Gasteiger partial charge in [0, 0.05) is 0 Å². The molecule has 0 saturated heterocycles. The number of aliphatic hydroxyl groups is 1. The van der Waals surface area contributed by atoms with Crippen LogP contribution in [0.1, 0.15) is 32.6 Å². The summed E-state index contributed by atoms with van der Waals surface area (Å²) in [7, 11) is 0. The van der Waals surface area contributed by atoms with Crippen LogP contribution in [0.25, 0.3) is 0 Å². The van der Waals surface area contributed by atoms with Crippen LogP contribution in [0.4, 0.5) is 0 Å². The predicted molar refractivity (Wildman–Crippen MR) is 42.9 cm³/mol. The van der Waals surface area contributed by atoms with Gasteiger partial charge in [0.25, 0.3) is 0 Å². The van der Waals surface area contributed by atoms with Gasteiger partial charge in [0.15, 0.2) is 0 Å². The lowest BCUT2D eigenvalue weighted by Crippen LogP contribution is -2.43. The zero-order valence-corrected chi connectivity index (χ0v) is 7.80. The fourth-order valence-corrected chi connectivity index (χ4v) is 2.02. The van der Waals surface area contributed by atoms with Crippen molar-refractivity contribution in [3.05, 3.63) is 0 Å². The van der Waals surface area contributed by atoms with Crippen molar-refractivity contribution in [3.8, 4) is 0 Å². The molecular weight excluding hydrogens is 180 g/mol. The van der Waals surface area contributed by atoms with Gasteiger partial charge in [-0.25, -0.2) is 4.21 Å². The highest BCUT2D eigenvalue weighted by Gasteiger charge is 2.35. The molecule has 1 saturated carbocycles. The van der Waals surface area contributed by atoms with Crippen LogP contribution in [-0.2, 0) is 15.5 Å². The van der Waals surface area contributed by atoms with E-state index in [9.17, 15) is 13.9 Å². The SMILES string of the molecule is C[C@]1(O)CCCC[C@H]1OS(=O)[O-]. The minimum atomic E-state index is -2.52. The van der Waals surface area contributed by atoms with Gasteiger partial charge in [-0.1, -0.05) is 12.8 Å². The Balaban J connectivity index is 2.54. The topological polar surface area (TPSA) is 69.6 Å². The highest BCUT2D eigenvalue weighted by atomic mass is 32.2. The Labute approximate surface area is 74.4 Å². The van der Waals surface area contributed by atoms with Gasteiger partial charge in [0.1, 0.15) is 6.10 Å². The summed E-state index contributed by atoms with van der Waals surface area (Å²) < 4.78 is 25.0. The molecular formula is C7H13O4S-. The Hall–Kier alpha value is 0.0300. The summed E-state index contributed by atoms with van der Waals surface area (Å²) in [6, 6.07) is 0. The molecule has 1 rings (SSSR count). The van der Waals surface area contributed by atoms with E-state index in [0.29, 0.717) is 12.8 Å². The maximum absolute atomic E-state index is 10.2. The van der Waals surface area contributed by atoms with Crippen LogP contribution >= 0.6 is 0 Å². The van der Waals surface area contributed by atoms with Crippen LogP contribution in [0.15, 0.2) is 0 Å². The van der Waals surface area contributed by atoms with Crippen LogP contribution in [0, 0.1) is 0 Å². The minimum absolute atomic E-state index is 0.565. The highest BCUT2D eigenvalue weighted by molar-refractivity contribution is 7.74. The van der Waals surface area contributed by atoms with E-state index in [1.165, 1.54) is 0 Å². The molecule has 1 N–H and O–H groups in total. The molecule has 0 amide bonds. The average molecular weight is 193 g/mol. The van der Waals surface area contributed by atoms with Crippen molar-refractivity contribution in [3.63, 3.8) is 0 Å². The first-order chi connectivity index (χ1) is 5.52. The first-order valence-corrected chi connectivity index (χ1v) is 5.01. The molecule has 0 radical (unpaired) electrons. The Morgan fingerprint density at radius 3 is 2.83 bits per heavy atom. The molecule has 0 aromatic rings. The second-order valence-corrected chi connectivity index (χ2v) is 3.99. The predicted octanol–water partition coefficient (Wildman–Crippen LogP) is 0.491. The zero-order valence-electron chi connectivity index (χ0n) is 6.99. The maximum atomic E-state index is 10.2. The molecule has 0 heterocycles. The summed E-state index contributed by atoms with van der Waals surface area (Å²) in [5, 5.41) is 9.68. The van der Waals surface area contributed by atoms with Crippen molar-refractivity contribution in [1.29, 1.82) is 0 Å². The standard InChI is InChI=1S/C7H14O4S/c1-7(8)5-3-2-4-6(7)11-12(9)10/h6,8H,2-5H2,1H3,(H,9,10)/p-1/t6-,7+/m1/s1. The first-order valence-electron chi connectivity index (χ1n) is 4.01. The van der Waals surface area contributed by atoms with Crippen LogP contribution < -0.4 is 0 Å². The van der Waals surface area contributed by atoms with Gasteiger partial charge in [-0.3, -0.25) is 4.18 Å². The lowest BCUT2D eigenvalue weighted by molar-refractivity contribution is -0.0719. The van der Waals surface area contributed by atoms with Gasteiger partial charge < -0.3 is 9.66 Å². The molecule has 0 spiro atoms. The fraction of sp³-hybridized carbons (Fsp3) is 1.00. The summed E-state index contributed by atoms with van der Waals surface area (Å²) >= 11 is -2.52. The molecule has 4 nitrogen and oxygen atoms in total. The van der Waals surface area contributed by atoms with Crippen molar-refractivity contribution in [2.24, 2.45) is 0 Å². The van der Waals surface area contributed by atoms with Gasteiger partial charge in [-0.15, -0.1) is 0 Å². The van der Waals surface area contributed by atoms with E-state index >= 15 is 0 Å². The largest absolute Gasteiger partial charge is 0.750 e. The summed E-state index contributed by atoms with van der Waals surface area (Å²) in [4.78, 5) is 0. The average Bonchev–Trinajstić information content (AvgIpc) is 1.92. The molecule has 12 heavy (non-hydrogen) atoms. The number of rotatable bonds is 2. The lowest BCUT2D eigenvalue weighted by atomic mass is 9.84. The van der Waals surface area contributed by atoms with Gasteiger partial charge in [-0.05, 0) is 19.8 Å². The van der Waals surface area contributed by atoms with E-state index in [-0.39, 0.29) is 0 Å². The van der Waals surface area contributed by atoms with E-state index in [1.54, 1.807) is 6.92 Å². The molecule has 0 aromatic heterocycles. The van der Waals surface area contributed by atoms with Crippen molar-refractivity contribution in [2.75, 3.05) is 0 Å². The van der Waals surface area contributed by atoms with Gasteiger partial charge in [0.2, 0.25) is 0 Å². The first kappa shape index (κ1) is 10.1. The fourth-order valence-electron chi connectivity index (χ4n) is 1.53. The molecule has 0 aliphatic heterocycles. The highest BCUT2D eigenvalue weighted by Crippen LogP contribution is 2.30. The summed E-state index contributed by atoms with van der Waals surface area (Å²) in [6.45, 7) is 1.61. The second kappa shape index (κ2) is 3.83. The van der Waals surface area contributed by atoms with Crippen molar-refractivity contribution in [1.82, 2.24) is 0 Å². The van der Waals surface area contributed by atoms with Crippen LogP contribution in [0.3, 0.4) is 0 Å². The number of hydrogen-bond donors (Lipinski definition) is 1. The lowest BCUT2D eigenvalue weighted by Gasteiger charge is -2.36. The third-order valence-electron chi connectivity index (χ3n) is 2.29. The van der Waals surface area contributed by atoms with E-state index in [0.717, 1.165) is 12.8 Å². The molecule has 3 atom stereocenters. The van der Waals surface area contributed by atoms with Crippen LogP contribution in [-0.4, -0.2) is 25.6 Å². The molecule has 1 fully saturated rings. The Kier molecular flexibility index (Phi) is 3.22. The van der Waals surface area contributed by atoms with Crippen molar-refractivity contribution in [2.45, 2.75) is 44.3 Å². The second-order valence-electron chi connectivity index (χ2n) is 3.39. The monoisotopic (exact) mass is 193 g/mol. The number of hydrogen-bond acceptors (Lipinski definition) is 4. The molecule has 72 valence electrons. The normalized spacial score (nSPS) is 39.4. The van der Waals surface area contributed by atoms with Gasteiger partial charge in [0.05, 0.1) is 17.0 Å². The van der Waals surface area contributed by atoms with Crippen molar-refractivity contribution < 1.29 is 18.1 Å². The van der Waals surface area contributed by atoms with E-state index < -0.39 is 23.1 Å². The van der Waals surface area contributed by atoms with E-state index in [1.807, 2.05) is 0 Å². The Bertz CT molecular complexity index is 180. The molecule has 5 heteroatoms. The van der Waals surface area contributed by atoms with Crippen LogP contribution in [0.5, 0.6) is 0 Å². The molecule has 1 unspecified atom stereocenters. The van der Waals surface area contributed by atoms with Crippen molar-refractivity contribution >= 4 is 11.4 Å².